The molecule has 1 aliphatic rings. The van der Waals surface area contributed by atoms with Gasteiger partial charge >= 0.3 is 0 Å². The van der Waals surface area contributed by atoms with E-state index < -0.39 is 0 Å². The number of amides is 1. The fourth-order valence-corrected chi connectivity index (χ4v) is 2.56. The Kier molecular flexibility index (Phi) is 4.35. The third kappa shape index (κ3) is 3.22. The average Bonchev–Trinajstić information content (AvgIpc) is 2.46. The van der Waals surface area contributed by atoms with Gasteiger partial charge in [-0.2, -0.15) is 0 Å². The van der Waals surface area contributed by atoms with Gasteiger partial charge in [0.25, 0.3) is 5.91 Å². The molecule has 1 fully saturated rings. The quantitative estimate of drug-likeness (QED) is 0.837. The first-order valence-electron chi connectivity index (χ1n) is 6.99. The smallest absolute Gasteiger partial charge is 0.253 e. The summed E-state index contributed by atoms with van der Waals surface area (Å²) in [4.78, 5) is 25.4. The van der Waals surface area contributed by atoms with Crippen LogP contribution in [-0.2, 0) is 11.2 Å². The van der Waals surface area contributed by atoms with Crippen molar-refractivity contribution in [1.29, 1.82) is 0 Å². The molecule has 0 aliphatic heterocycles. The summed E-state index contributed by atoms with van der Waals surface area (Å²) in [6, 6.07) is 8.00. The molecule has 3 nitrogen and oxygen atoms in total. The molecular formula is C16H21NO2. The number of rotatable bonds is 3. The van der Waals surface area contributed by atoms with Crippen molar-refractivity contribution in [2.24, 2.45) is 0 Å². The van der Waals surface area contributed by atoms with E-state index in [9.17, 15) is 9.59 Å². The minimum absolute atomic E-state index is 0.0574. The van der Waals surface area contributed by atoms with Crippen LogP contribution in [0.2, 0.25) is 0 Å². The van der Waals surface area contributed by atoms with Crippen LogP contribution in [0.4, 0.5) is 0 Å². The normalized spacial score (nSPS) is 16.4. The van der Waals surface area contributed by atoms with E-state index in [1.165, 1.54) is 5.56 Å². The summed E-state index contributed by atoms with van der Waals surface area (Å²) in [6.07, 6.45) is 3.80. The summed E-state index contributed by atoms with van der Waals surface area (Å²) in [5, 5.41) is 0. The molecule has 0 spiro atoms. The summed E-state index contributed by atoms with van der Waals surface area (Å²) in [5.41, 5.74) is 1.97. The van der Waals surface area contributed by atoms with Crippen molar-refractivity contribution >= 4 is 11.7 Å². The highest BCUT2D eigenvalue weighted by molar-refractivity contribution is 5.94. The van der Waals surface area contributed by atoms with Gasteiger partial charge in [-0.1, -0.05) is 19.1 Å². The molecule has 0 saturated heterocycles. The Labute approximate surface area is 114 Å². The number of carbonyl (C=O) groups is 2. The topological polar surface area (TPSA) is 37.4 Å². The molecule has 0 radical (unpaired) electrons. The summed E-state index contributed by atoms with van der Waals surface area (Å²) in [5.74, 6) is 0.381. The van der Waals surface area contributed by atoms with Crippen LogP contribution >= 0.6 is 0 Å². The zero-order valence-corrected chi connectivity index (χ0v) is 11.7. The van der Waals surface area contributed by atoms with Crippen molar-refractivity contribution in [2.75, 3.05) is 7.05 Å². The molecule has 1 amide bonds. The van der Waals surface area contributed by atoms with Crippen LogP contribution in [-0.4, -0.2) is 29.7 Å². The van der Waals surface area contributed by atoms with E-state index in [0.717, 1.165) is 24.8 Å². The zero-order chi connectivity index (χ0) is 13.8. The van der Waals surface area contributed by atoms with Crippen LogP contribution in [0, 0.1) is 0 Å². The van der Waals surface area contributed by atoms with Gasteiger partial charge < -0.3 is 4.90 Å². The monoisotopic (exact) mass is 259 g/mol. The minimum atomic E-state index is 0.0574. The lowest BCUT2D eigenvalue weighted by Gasteiger charge is -2.30. The van der Waals surface area contributed by atoms with Gasteiger partial charge in [0.15, 0.2) is 0 Å². The van der Waals surface area contributed by atoms with E-state index >= 15 is 0 Å². The number of benzene rings is 1. The predicted molar refractivity (Wildman–Crippen MR) is 75.2 cm³/mol. The molecule has 1 aliphatic carbocycles. The van der Waals surface area contributed by atoms with E-state index in [0.29, 0.717) is 18.6 Å². The maximum absolute atomic E-state index is 12.4. The van der Waals surface area contributed by atoms with E-state index in [1.807, 2.05) is 31.3 Å². The highest BCUT2D eigenvalue weighted by atomic mass is 16.2. The second-order valence-electron chi connectivity index (χ2n) is 5.24. The Morgan fingerprint density at radius 1 is 1.21 bits per heavy atom. The lowest BCUT2D eigenvalue weighted by molar-refractivity contribution is -0.121. The van der Waals surface area contributed by atoms with E-state index in [4.69, 9.17) is 0 Å². The standard InChI is InChI=1S/C16H21NO2/c1-3-12-4-6-13(7-5-12)16(19)17(2)14-8-10-15(18)11-9-14/h4-7,14H,3,8-11H2,1-2H3. The van der Waals surface area contributed by atoms with Crippen LogP contribution in [0.5, 0.6) is 0 Å². The van der Waals surface area contributed by atoms with Gasteiger partial charge in [-0.3, -0.25) is 9.59 Å². The van der Waals surface area contributed by atoms with Crippen molar-refractivity contribution < 1.29 is 9.59 Å². The highest BCUT2D eigenvalue weighted by Crippen LogP contribution is 2.21. The SMILES string of the molecule is CCc1ccc(C(=O)N(C)C2CCC(=O)CC2)cc1. The van der Waals surface area contributed by atoms with E-state index in [1.54, 1.807) is 4.90 Å². The fraction of sp³-hybridized carbons (Fsp3) is 0.500. The molecular weight excluding hydrogens is 238 g/mol. The van der Waals surface area contributed by atoms with Crippen LogP contribution in [0.3, 0.4) is 0 Å². The van der Waals surface area contributed by atoms with Gasteiger partial charge in [0.2, 0.25) is 0 Å². The number of Topliss-reactive ketones (excluding diaryl/α,β-unsaturated/α-hetero) is 1. The molecule has 0 aromatic heterocycles. The second kappa shape index (κ2) is 6.00. The first-order chi connectivity index (χ1) is 9.11. The van der Waals surface area contributed by atoms with Gasteiger partial charge in [0.1, 0.15) is 5.78 Å². The molecule has 0 heterocycles. The zero-order valence-electron chi connectivity index (χ0n) is 11.7. The molecule has 19 heavy (non-hydrogen) atoms. The Morgan fingerprint density at radius 2 is 1.79 bits per heavy atom. The van der Waals surface area contributed by atoms with Gasteiger partial charge in [0, 0.05) is 31.5 Å². The Morgan fingerprint density at radius 3 is 2.32 bits per heavy atom. The molecule has 0 bridgehead atoms. The third-order valence-corrected chi connectivity index (χ3v) is 3.99. The molecule has 1 saturated carbocycles. The third-order valence-electron chi connectivity index (χ3n) is 3.99. The van der Waals surface area contributed by atoms with Crippen LogP contribution in [0.15, 0.2) is 24.3 Å². The summed E-state index contributed by atoms with van der Waals surface area (Å²) < 4.78 is 0. The lowest BCUT2D eigenvalue weighted by Crippen LogP contribution is -2.39. The molecule has 2 rings (SSSR count). The number of hydrogen-bond donors (Lipinski definition) is 0. The Bertz CT molecular complexity index is 454. The van der Waals surface area contributed by atoms with Crippen molar-refractivity contribution in [3.63, 3.8) is 0 Å². The number of carbonyl (C=O) groups excluding carboxylic acids is 2. The van der Waals surface area contributed by atoms with Crippen molar-refractivity contribution in [3.8, 4) is 0 Å². The maximum Gasteiger partial charge on any atom is 0.253 e. The van der Waals surface area contributed by atoms with Gasteiger partial charge in [-0.05, 0) is 37.0 Å². The van der Waals surface area contributed by atoms with Crippen molar-refractivity contribution in [3.05, 3.63) is 35.4 Å². The van der Waals surface area contributed by atoms with E-state index in [2.05, 4.69) is 6.92 Å². The van der Waals surface area contributed by atoms with Crippen molar-refractivity contribution in [2.45, 2.75) is 45.1 Å². The molecule has 1 aromatic rings. The summed E-state index contributed by atoms with van der Waals surface area (Å²) in [6.45, 7) is 2.10. The first kappa shape index (κ1) is 13.8. The van der Waals surface area contributed by atoms with Crippen LogP contribution < -0.4 is 0 Å². The number of ketones is 1. The van der Waals surface area contributed by atoms with Crippen LogP contribution in [0.25, 0.3) is 0 Å². The number of hydrogen-bond acceptors (Lipinski definition) is 2. The molecule has 1 aromatic carbocycles. The average molecular weight is 259 g/mol. The van der Waals surface area contributed by atoms with Gasteiger partial charge in [-0.25, -0.2) is 0 Å². The molecule has 0 N–H and O–H groups in total. The number of nitrogens with zero attached hydrogens (tertiary/aromatic N) is 1. The minimum Gasteiger partial charge on any atom is -0.339 e. The molecule has 102 valence electrons. The molecule has 0 atom stereocenters. The summed E-state index contributed by atoms with van der Waals surface area (Å²) in [7, 11) is 1.84. The highest BCUT2D eigenvalue weighted by Gasteiger charge is 2.25. The Hall–Kier alpha value is -1.64. The molecule has 0 unspecified atom stereocenters. The van der Waals surface area contributed by atoms with Crippen LogP contribution in [0.1, 0.15) is 48.5 Å². The Balaban J connectivity index is 2.03. The summed E-state index contributed by atoms with van der Waals surface area (Å²) >= 11 is 0. The lowest BCUT2D eigenvalue weighted by atomic mass is 9.93. The van der Waals surface area contributed by atoms with Crippen molar-refractivity contribution in [1.82, 2.24) is 4.90 Å². The fourth-order valence-electron chi connectivity index (χ4n) is 2.56. The van der Waals surface area contributed by atoms with E-state index in [-0.39, 0.29) is 11.9 Å². The number of aryl methyl sites for hydroxylation is 1. The first-order valence-corrected chi connectivity index (χ1v) is 6.99. The van der Waals surface area contributed by atoms with Gasteiger partial charge in [-0.15, -0.1) is 0 Å². The maximum atomic E-state index is 12.4. The largest absolute Gasteiger partial charge is 0.339 e. The predicted octanol–water partition coefficient (Wildman–Crippen LogP) is 2.83. The molecule has 3 heteroatoms. The van der Waals surface area contributed by atoms with Gasteiger partial charge in [0.05, 0.1) is 0 Å². The second-order valence-corrected chi connectivity index (χ2v) is 5.24.